The predicted octanol–water partition coefficient (Wildman–Crippen LogP) is 3.48. The summed E-state index contributed by atoms with van der Waals surface area (Å²) in [5, 5.41) is 9.79. The molecule has 0 aliphatic carbocycles. The van der Waals surface area contributed by atoms with Gasteiger partial charge >= 0.3 is 7.12 Å². The van der Waals surface area contributed by atoms with E-state index in [0.717, 1.165) is 11.5 Å². The van der Waals surface area contributed by atoms with Gasteiger partial charge in [0.15, 0.2) is 0 Å². The molecule has 1 aliphatic heterocycles. The molecule has 6 heteroatoms. The molecule has 0 unspecified atom stereocenters. The maximum absolute atomic E-state index is 13.0. The Kier molecular flexibility index (Phi) is 4.43. The Hall–Kier alpha value is -0.975. The summed E-state index contributed by atoms with van der Waals surface area (Å²) in [5.41, 5.74) is 0.406. The average Bonchev–Trinajstić information content (AvgIpc) is 2.57. The second-order valence-electron chi connectivity index (χ2n) is 6.17. The smallest absolute Gasteiger partial charge is 0.491 e. The van der Waals surface area contributed by atoms with Gasteiger partial charge in [-0.3, -0.25) is 0 Å². The van der Waals surface area contributed by atoms with Crippen LogP contribution in [0.3, 0.4) is 0 Å². The van der Waals surface area contributed by atoms with Crippen LogP contribution in [0.25, 0.3) is 6.08 Å². The molecule has 0 atom stereocenters. The van der Waals surface area contributed by atoms with E-state index >= 15 is 0 Å². The van der Waals surface area contributed by atoms with Gasteiger partial charge in [-0.2, -0.15) is 12.6 Å². The number of benzene rings is 1. The fourth-order valence-electron chi connectivity index (χ4n) is 2.02. The lowest BCUT2D eigenvalue weighted by Crippen LogP contribution is -2.41. The summed E-state index contributed by atoms with van der Waals surface area (Å²) in [7, 11) is -0.531. The molecule has 1 aliphatic rings. The van der Waals surface area contributed by atoms with Gasteiger partial charge in [0.2, 0.25) is 0 Å². The SMILES string of the molecule is CC1(C)OB(C(=Cc2ccc(F)cc2O)CS)OC1(C)C. The van der Waals surface area contributed by atoms with Gasteiger partial charge in [0.05, 0.1) is 11.2 Å². The molecule has 1 saturated heterocycles. The Balaban J connectivity index is 2.31. The van der Waals surface area contributed by atoms with Gasteiger partial charge in [0.25, 0.3) is 0 Å². The first-order chi connectivity index (χ1) is 9.66. The molecule has 0 saturated carbocycles. The highest BCUT2D eigenvalue weighted by molar-refractivity contribution is 7.80. The number of thiol groups is 1. The van der Waals surface area contributed by atoms with Crippen molar-refractivity contribution in [2.75, 3.05) is 5.75 Å². The Morgan fingerprint density at radius 3 is 2.33 bits per heavy atom. The zero-order valence-corrected chi connectivity index (χ0v) is 13.6. The summed E-state index contributed by atoms with van der Waals surface area (Å²) in [5.74, 6) is -0.188. The van der Waals surface area contributed by atoms with Crippen molar-refractivity contribution in [3.63, 3.8) is 0 Å². The number of phenols is 1. The van der Waals surface area contributed by atoms with Crippen molar-refractivity contribution < 1.29 is 18.8 Å². The highest BCUT2D eigenvalue weighted by Gasteiger charge is 2.52. The third-order valence-corrected chi connectivity index (χ3v) is 4.44. The molecule has 0 spiro atoms. The fourth-order valence-corrected chi connectivity index (χ4v) is 2.26. The minimum Gasteiger partial charge on any atom is -0.507 e. The summed E-state index contributed by atoms with van der Waals surface area (Å²) in [6.45, 7) is 7.88. The van der Waals surface area contributed by atoms with Gasteiger partial charge in [0.1, 0.15) is 11.6 Å². The number of hydrogen-bond acceptors (Lipinski definition) is 4. The maximum atomic E-state index is 13.0. The number of phenolic OH excluding ortho intramolecular Hbond substituents is 1. The minimum atomic E-state index is -0.531. The number of halogens is 1. The van der Waals surface area contributed by atoms with E-state index in [1.807, 2.05) is 27.7 Å². The van der Waals surface area contributed by atoms with E-state index in [4.69, 9.17) is 9.31 Å². The molecule has 1 N–H and O–H groups in total. The van der Waals surface area contributed by atoms with Crippen LogP contribution in [0.1, 0.15) is 33.3 Å². The molecule has 3 nitrogen and oxygen atoms in total. The highest BCUT2D eigenvalue weighted by atomic mass is 32.1. The van der Waals surface area contributed by atoms with Crippen LogP contribution in [0.5, 0.6) is 5.75 Å². The van der Waals surface area contributed by atoms with Crippen molar-refractivity contribution in [2.45, 2.75) is 38.9 Å². The molecular weight excluding hydrogens is 290 g/mol. The van der Waals surface area contributed by atoms with Crippen LogP contribution < -0.4 is 0 Å². The van der Waals surface area contributed by atoms with Gasteiger partial charge in [-0.25, -0.2) is 4.39 Å². The van der Waals surface area contributed by atoms with Gasteiger partial charge in [0, 0.05) is 17.4 Å². The summed E-state index contributed by atoms with van der Waals surface area (Å²) in [4.78, 5) is 0. The number of rotatable bonds is 3. The number of aromatic hydroxyl groups is 1. The Bertz CT molecular complexity index is 556. The van der Waals surface area contributed by atoms with E-state index in [-0.39, 0.29) is 5.75 Å². The molecule has 0 bridgehead atoms. The van der Waals surface area contributed by atoms with Gasteiger partial charge in [-0.15, -0.1) is 0 Å². The summed E-state index contributed by atoms with van der Waals surface area (Å²) < 4.78 is 24.9. The third-order valence-electron chi connectivity index (χ3n) is 4.07. The van der Waals surface area contributed by atoms with E-state index in [1.165, 1.54) is 12.1 Å². The summed E-state index contributed by atoms with van der Waals surface area (Å²) in [6.07, 6.45) is 1.73. The van der Waals surface area contributed by atoms with E-state index in [0.29, 0.717) is 11.3 Å². The van der Waals surface area contributed by atoms with Gasteiger partial charge in [-0.1, -0.05) is 6.08 Å². The molecule has 1 heterocycles. The lowest BCUT2D eigenvalue weighted by atomic mass is 9.78. The van der Waals surface area contributed by atoms with Crippen LogP contribution in [0, 0.1) is 5.82 Å². The minimum absolute atomic E-state index is 0.120. The van der Waals surface area contributed by atoms with Crippen LogP contribution in [-0.4, -0.2) is 29.2 Å². The van der Waals surface area contributed by atoms with E-state index in [1.54, 1.807) is 6.08 Å². The first kappa shape index (κ1) is 16.4. The van der Waals surface area contributed by atoms with Crippen LogP contribution >= 0.6 is 12.6 Å². The fraction of sp³-hybridized carbons (Fsp3) is 0.467. The van der Waals surface area contributed by atoms with Crippen molar-refractivity contribution >= 4 is 25.8 Å². The summed E-state index contributed by atoms with van der Waals surface area (Å²) in [6, 6.07) is 3.89. The third kappa shape index (κ3) is 3.28. The Morgan fingerprint density at radius 2 is 1.86 bits per heavy atom. The molecule has 1 aromatic carbocycles. The zero-order chi connectivity index (χ0) is 15.8. The Morgan fingerprint density at radius 1 is 1.29 bits per heavy atom. The predicted molar refractivity (Wildman–Crippen MR) is 86.0 cm³/mol. The summed E-state index contributed by atoms with van der Waals surface area (Å²) >= 11 is 4.31. The van der Waals surface area contributed by atoms with Gasteiger partial charge < -0.3 is 14.4 Å². The normalized spacial score (nSPS) is 20.9. The second kappa shape index (κ2) is 5.67. The number of hydrogen-bond donors (Lipinski definition) is 2. The van der Waals surface area contributed by atoms with E-state index in [2.05, 4.69) is 12.6 Å². The van der Waals surface area contributed by atoms with Crippen molar-refractivity contribution in [3.05, 3.63) is 35.1 Å². The zero-order valence-electron chi connectivity index (χ0n) is 12.7. The van der Waals surface area contributed by atoms with Crippen molar-refractivity contribution in [2.24, 2.45) is 0 Å². The molecule has 0 amide bonds. The van der Waals surface area contributed by atoms with Crippen molar-refractivity contribution in [3.8, 4) is 5.75 Å². The highest BCUT2D eigenvalue weighted by Crippen LogP contribution is 2.39. The standard InChI is InChI=1S/C15H20BFO3S/c1-14(2)15(3,4)20-16(19-14)11(9-21)7-10-5-6-12(17)8-13(10)18/h5-8,18,21H,9H2,1-4H3. The molecule has 0 aromatic heterocycles. The molecule has 1 aromatic rings. The lowest BCUT2D eigenvalue weighted by Gasteiger charge is -2.32. The lowest BCUT2D eigenvalue weighted by molar-refractivity contribution is 0.00578. The monoisotopic (exact) mass is 310 g/mol. The first-order valence-electron chi connectivity index (χ1n) is 6.82. The van der Waals surface area contributed by atoms with Crippen LogP contribution in [-0.2, 0) is 9.31 Å². The molecule has 114 valence electrons. The topological polar surface area (TPSA) is 38.7 Å². The molecule has 2 rings (SSSR count). The van der Waals surface area contributed by atoms with Crippen molar-refractivity contribution in [1.29, 1.82) is 0 Å². The Labute approximate surface area is 130 Å². The molecule has 21 heavy (non-hydrogen) atoms. The first-order valence-corrected chi connectivity index (χ1v) is 7.45. The average molecular weight is 310 g/mol. The van der Waals surface area contributed by atoms with Crippen LogP contribution in [0.15, 0.2) is 23.7 Å². The second-order valence-corrected chi connectivity index (χ2v) is 6.48. The van der Waals surface area contributed by atoms with E-state index < -0.39 is 24.1 Å². The van der Waals surface area contributed by atoms with Gasteiger partial charge in [-0.05, 0) is 45.3 Å². The van der Waals surface area contributed by atoms with Crippen molar-refractivity contribution in [1.82, 2.24) is 0 Å². The molecule has 1 fully saturated rings. The largest absolute Gasteiger partial charge is 0.507 e. The molecule has 0 radical (unpaired) electrons. The molecular formula is C15H20BFO3S. The van der Waals surface area contributed by atoms with Crippen LogP contribution in [0.4, 0.5) is 4.39 Å². The maximum Gasteiger partial charge on any atom is 0.491 e. The van der Waals surface area contributed by atoms with E-state index in [9.17, 15) is 9.50 Å². The van der Waals surface area contributed by atoms with Crippen LogP contribution in [0.2, 0.25) is 0 Å². The quantitative estimate of drug-likeness (QED) is 0.663.